The molecule has 4 aromatic rings. The molecule has 4 aliphatic rings. The number of thioether (sulfide) groups is 1. The molecule has 8 rings (SSSR count). The number of hydrogen-bond acceptors (Lipinski definition) is 1. The van der Waals surface area contributed by atoms with E-state index in [2.05, 4.69) is 103 Å². The van der Waals surface area contributed by atoms with Gasteiger partial charge in [-0.1, -0.05) is 103 Å². The molecule has 1 heteroatoms. The Morgan fingerprint density at radius 2 is 1.46 bits per heavy atom. The molecule has 0 nitrogen and oxygen atoms in total. The summed E-state index contributed by atoms with van der Waals surface area (Å²) in [4.78, 5) is 2.95. The molecule has 37 heavy (non-hydrogen) atoms. The fourth-order valence-electron chi connectivity index (χ4n) is 6.81. The molecule has 1 heterocycles. The molecule has 0 spiro atoms. The van der Waals surface area contributed by atoms with E-state index in [1.54, 1.807) is 0 Å². The van der Waals surface area contributed by atoms with Crippen molar-refractivity contribution in [3.8, 4) is 0 Å². The predicted molar refractivity (Wildman–Crippen MR) is 160 cm³/mol. The van der Waals surface area contributed by atoms with Crippen molar-refractivity contribution >= 4 is 45.0 Å². The van der Waals surface area contributed by atoms with Crippen LogP contribution in [-0.2, 0) is 6.42 Å². The average Bonchev–Trinajstić information content (AvgIpc) is 3.35. The summed E-state index contributed by atoms with van der Waals surface area (Å²) in [6.07, 6.45) is 19.8. The first-order valence-electron chi connectivity index (χ1n) is 13.6. The Kier molecular flexibility index (Phi) is 4.95. The van der Waals surface area contributed by atoms with Crippen LogP contribution in [0.1, 0.15) is 53.9 Å². The van der Waals surface area contributed by atoms with Crippen LogP contribution in [0.3, 0.4) is 0 Å². The van der Waals surface area contributed by atoms with Crippen LogP contribution < -0.4 is 0 Å². The number of hydrogen-bond donors (Lipinski definition) is 0. The summed E-state index contributed by atoms with van der Waals surface area (Å²) in [5, 5.41) is 5.60. The highest BCUT2D eigenvalue weighted by molar-refractivity contribution is 8.03. The van der Waals surface area contributed by atoms with Gasteiger partial charge in [-0.05, 0) is 110 Å². The zero-order valence-electron chi connectivity index (χ0n) is 20.8. The molecule has 0 radical (unpaired) electrons. The molecule has 4 aromatic carbocycles. The van der Waals surface area contributed by atoms with Crippen LogP contribution in [0.4, 0.5) is 0 Å². The largest absolute Gasteiger partial charge is 0.0936 e. The lowest BCUT2D eigenvalue weighted by Gasteiger charge is -2.24. The fourth-order valence-corrected chi connectivity index (χ4v) is 8.02. The van der Waals surface area contributed by atoms with E-state index in [1.807, 2.05) is 11.8 Å². The van der Waals surface area contributed by atoms with Crippen molar-refractivity contribution < 1.29 is 0 Å². The highest BCUT2D eigenvalue weighted by Gasteiger charge is 2.31. The van der Waals surface area contributed by atoms with Crippen LogP contribution in [0.5, 0.6) is 0 Å². The van der Waals surface area contributed by atoms with Crippen LogP contribution in [0.25, 0.3) is 33.2 Å². The third-order valence-corrected chi connectivity index (χ3v) is 9.94. The Balaban J connectivity index is 1.15. The van der Waals surface area contributed by atoms with Crippen molar-refractivity contribution in [1.82, 2.24) is 0 Å². The summed E-state index contributed by atoms with van der Waals surface area (Å²) in [6, 6.07) is 25.1. The lowest BCUT2D eigenvalue weighted by atomic mass is 9.81. The van der Waals surface area contributed by atoms with Gasteiger partial charge in [-0.2, -0.15) is 0 Å². The first kappa shape index (κ1) is 21.5. The summed E-state index contributed by atoms with van der Waals surface area (Å²) in [6.45, 7) is 0. The standard InChI is InChI=1S/C36H28S/c1-2-9-29-27(7-1)28-8-3-4-10-30(28)33-21-25(17-19-31(29)33)23-13-15-24(16-14-23)26-18-20-36-34(22-26)32-11-5-6-12-35(32)37-36/h1,3-8,10-13,15,17-21,34H,2,9,14,16,22H2. The van der Waals surface area contributed by atoms with Gasteiger partial charge in [0, 0.05) is 10.8 Å². The smallest absolute Gasteiger partial charge is 0.0204 e. The summed E-state index contributed by atoms with van der Waals surface area (Å²) in [5.41, 5.74) is 10.3. The minimum absolute atomic E-state index is 0.544. The van der Waals surface area contributed by atoms with E-state index in [1.165, 1.54) is 70.3 Å². The molecule has 3 aliphatic carbocycles. The van der Waals surface area contributed by atoms with E-state index in [0.717, 1.165) is 32.1 Å². The summed E-state index contributed by atoms with van der Waals surface area (Å²) in [5.74, 6) is 0.544. The van der Waals surface area contributed by atoms with Gasteiger partial charge in [0.25, 0.3) is 0 Å². The van der Waals surface area contributed by atoms with Gasteiger partial charge in [0.1, 0.15) is 0 Å². The molecule has 0 amide bonds. The van der Waals surface area contributed by atoms with E-state index < -0.39 is 0 Å². The van der Waals surface area contributed by atoms with Gasteiger partial charge in [0.2, 0.25) is 0 Å². The molecule has 1 atom stereocenters. The summed E-state index contributed by atoms with van der Waals surface area (Å²) in [7, 11) is 0. The topological polar surface area (TPSA) is 0 Å². The second-order valence-electron chi connectivity index (χ2n) is 10.7. The van der Waals surface area contributed by atoms with Gasteiger partial charge in [-0.3, -0.25) is 0 Å². The number of rotatable bonds is 2. The van der Waals surface area contributed by atoms with E-state index in [9.17, 15) is 0 Å². The molecule has 0 fully saturated rings. The Bertz CT molecular complexity index is 1770. The van der Waals surface area contributed by atoms with Crippen LogP contribution in [0.2, 0.25) is 0 Å². The zero-order chi connectivity index (χ0) is 24.3. The van der Waals surface area contributed by atoms with Crippen molar-refractivity contribution in [2.24, 2.45) is 0 Å². The highest BCUT2D eigenvalue weighted by atomic mass is 32.2. The van der Waals surface area contributed by atoms with Crippen LogP contribution in [-0.4, -0.2) is 0 Å². The number of fused-ring (bicyclic) bond motifs is 9. The predicted octanol–water partition coefficient (Wildman–Crippen LogP) is 10.2. The maximum atomic E-state index is 2.46. The van der Waals surface area contributed by atoms with E-state index in [0.29, 0.717) is 5.92 Å². The normalized spacial score (nSPS) is 20.1. The van der Waals surface area contributed by atoms with Crippen molar-refractivity contribution in [3.05, 3.63) is 135 Å². The van der Waals surface area contributed by atoms with E-state index in [4.69, 9.17) is 0 Å². The van der Waals surface area contributed by atoms with Gasteiger partial charge in [0.15, 0.2) is 0 Å². The Hall–Kier alpha value is -3.55. The first-order chi connectivity index (χ1) is 18.3. The molecule has 1 aliphatic heterocycles. The highest BCUT2D eigenvalue weighted by Crippen LogP contribution is 2.53. The summed E-state index contributed by atoms with van der Waals surface area (Å²) >= 11 is 1.96. The molecular weight excluding hydrogens is 464 g/mol. The molecular formula is C36H28S. The molecule has 0 aromatic heterocycles. The van der Waals surface area contributed by atoms with Crippen molar-refractivity contribution in [3.63, 3.8) is 0 Å². The van der Waals surface area contributed by atoms with Gasteiger partial charge in [0.05, 0.1) is 0 Å². The SMILES string of the molecule is C1=Cc2c(c3ccc(C4=CC=C(C5=CC=C6Sc7ccccc7C6C5)CC4)cc3c3ccccc23)CC1. The molecule has 0 saturated heterocycles. The third kappa shape index (κ3) is 3.45. The minimum atomic E-state index is 0.544. The molecule has 0 bridgehead atoms. The van der Waals surface area contributed by atoms with E-state index in [-0.39, 0.29) is 0 Å². The minimum Gasteiger partial charge on any atom is -0.0936 e. The molecule has 0 N–H and O–H groups in total. The number of benzene rings is 4. The Morgan fingerprint density at radius 3 is 2.38 bits per heavy atom. The lowest BCUT2D eigenvalue weighted by molar-refractivity contribution is 0.790. The van der Waals surface area contributed by atoms with E-state index >= 15 is 0 Å². The number of aryl methyl sites for hydroxylation is 1. The third-order valence-electron chi connectivity index (χ3n) is 8.69. The van der Waals surface area contributed by atoms with Crippen molar-refractivity contribution in [2.75, 3.05) is 0 Å². The molecule has 0 saturated carbocycles. The second kappa shape index (κ2) is 8.50. The number of allylic oxidation sites excluding steroid dienone is 9. The zero-order valence-corrected chi connectivity index (χ0v) is 21.7. The van der Waals surface area contributed by atoms with Crippen molar-refractivity contribution in [2.45, 2.75) is 42.9 Å². The first-order valence-corrected chi connectivity index (χ1v) is 14.4. The van der Waals surface area contributed by atoms with Gasteiger partial charge in [-0.25, -0.2) is 0 Å². The summed E-state index contributed by atoms with van der Waals surface area (Å²) < 4.78 is 0. The second-order valence-corrected chi connectivity index (χ2v) is 11.8. The van der Waals surface area contributed by atoms with Gasteiger partial charge < -0.3 is 0 Å². The lowest BCUT2D eigenvalue weighted by Crippen LogP contribution is -2.05. The quantitative estimate of drug-likeness (QED) is 0.251. The van der Waals surface area contributed by atoms with Crippen LogP contribution in [0, 0.1) is 0 Å². The molecule has 178 valence electrons. The average molecular weight is 493 g/mol. The Morgan fingerprint density at radius 1 is 0.649 bits per heavy atom. The van der Waals surface area contributed by atoms with Crippen molar-refractivity contribution in [1.29, 1.82) is 0 Å². The molecule has 1 unspecified atom stereocenters. The fraction of sp³-hybridized carbons (Fsp3) is 0.167. The van der Waals surface area contributed by atoms with Crippen LogP contribution >= 0.6 is 11.8 Å². The Labute approximate surface area is 222 Å². The van der Waals surface area contributed by atoms with Gasteiger partial charge in [-0.15, -0.1) is 0 Å². The monoisotopic (exact) mass is 492 g/mol. The maximum Gasteiger partial charge on any atom is 0.0204 e. The van der Waals surface area contributed by atoms with Crippen LogP contribution in [0.15, 0.2) is 118 Å². The van der Waals surface area contributed by atoms with Gasteiger partial charge >= 0.3 is 0 Å². The maximum absolute atomic E-state index is 2.46.